The van der Waals surface area contributed by atoms with Gasteiger partial charge in [0.05, 0.1) is 0 Å². The minimum atomic E-state index is -1.60. The van der Waals surface area contributed by atoms with Crippen molar-refractivity contribution in [1.29, 1.82) is 0 Å². The van der Waals surface area contributed by atoms with E-state index in [2.05, 4.69) is 20.0 Å². The maximum Gasteiger partial charge on any atom is 0.512 e. The van der Waals surface area contributed by atoms with E-state index in [1.807, 2.05) is 0 Å². The number of nitrogens with zero attached hydrogens (tertiary/aromatic N) is 2. The van der Waals surface area contributed by atoms with Crippen molar-refractivity contribution >= 4 is 41.0 Å². The van der Waals surface area contributed by atoms with Crippen LogP contribution in [0, 0.1) is 0 Å². The van der Waals surface area contributed by atoms with Crippen LogP contribution in [0.5, 0.6) is 5.88 Å². The first-order valence-electron chi connectivity index (χ1n) is 5.45. The van der Waals surface area contributed by atoms with Gasteiger partial charge in [-0.15, -0.1) is 0 Å². The predicted octanol–water partition coefficient (Wildman–Crippen LogP) is 3.09. The summed E-state index contributed by atoms with van der Waals surface area (Å²) in [5.74, 6) is -1.13. The molecule has 0 unspecified atom stereocenters. The first-order chi connectivity index (χ1) is 9.95. The molecule has 1 heterocycles. The highest BCUT2D eigenvalue weighted by atomic mass is 35.5. The third-order valence-electron chi connectivity index (χ3n) is 2.18. The van der Waals surface area contributed by atoms with E-state index in [0.29, 0.717) is 15.7 Å². The molecule has 9 heteroatoms. The van der Waals surface area contributed by atoms with Crippen LogP contribution in [0.15, 0.2) is 30.6 Å². The summed E-state index contributed by atoms with van der Waals surface area (Å²) >= 11 is 11.6. The number of anilines is 1. The van der Waals surface area contributed by atoms with E-state index in [1.165, 1.54) is 30.6 Å². The van der Waals surface area contributed by atoms with Crippen LogP contribution >= 0.6 is 23.2 Å². The minimum Gasteiger partial charge on any atom is -0.449 e. The third kappa shape index (κ3) is 4.04. The molecule has 0 saturated carbocycles. The molecular formula is C12H7Cl2N3O4. The Bertz CT molecular complexity index is 688. The van der Waals surface area contributed by atoms with E-state index in [0.717, 1.165) is 0 Å². The average Bonchev–Trinajstić information content (AvgIpc) is 2.37. The number of rotatable bonds is 3. The summed E-state index contributed by atoms with van der Waals surface area (Å²) in [4.78, 5) is 30.0. The van der Waals surface area contributed by atoms with Crippen molar-refractivity contribution in [2.45, 2.75) is 0 Å². The normalized spacial score (nSPS) is 10.0. The van der Waals surface area contributed by atoms with Crippen LogP contribution in [-0.2, 0) is 0 Å². The topological polar surface area (TPSA) is 101 Å². The summed E-state index contributed by atoms with van der Waals surface area (Å²) in [5.41, 5.74) is 0.0421. The van der Waals surface area contributed by atoms with Gasteiger partial charge in [-0.05, 0) is 18.2 Å². The van der Waals surface area contributed by atoms with Crippen LogP contribution in [0.25, 0.3) is 0 Å². The number of hydrogen-bond donors (Lipinski definition) is 2. The van der Waals surface area contributed by atoms with Crippen LogP contribution in [0.1, 0.15) is 10.5 Å². The number of carboxylic acid groups (broad SMARTS) is 1. The zero-order chi connectivity index (χ0) is 15.4. The van der Waals surface area contributed by atoms with Gasteiger partial charge in [0.2, 0.25) is 0 Å². The molecule has 0 fully saturated rings. The second-order valence-corrected chi connectivity index (χ2v) is 4.56. The monoisotopic (exact) mass is 327 g/mol. The molecule has 2 N–H and O–H groups in total. The number of carbonyl (C=O) groups is 2. The number of nitrogens with one attached hydrogen (secondary N) is 1. The Morgan fingerprint density at radius 3 is 2.33 bits per heavy atom. The van der Waals surface area contributed by atoms with E-state index in [-0.39, 0.29) is 5.69 Å². The average molecular weight is 328 g/mol. The van der Waals surface area contributed by atoms with Crippen molar-refractivity contribution in [2.75, 3.05) is 5.32 Å². The lowest BCUT2D eigenvalue weighted by Crippen LogP contribution is -2.17. The second-order valence-electron chi connectivity index (χ2n) is 3.69. The molecule has 7 nitrogen and oxygen atoms in total. The van der Waals surface area contributed by atoms with Crippen molar-refractivity contribution in [1.82, 2.24) is 9.97 Å². The van der Waals surface area contributed by atoms with Gasteiger partial charge in [-0.2, -0.15) is 0 Å². The molecule has 0 saturated heterocycles. The Morgan fingerprint density at radius 1 is 1.10 bits per heavy atom. The van der Waals surface area contributed by atoms with Gasteiger partial charge in [0.1, 0.15) is 0 Å². The highest BCUT2D eigenvalue weighted by Gasteiger charge is 2.18. The number of hydrogen-bond acceptors (Lipinski definition) is 5. The Kier molecular flexibility index (Phi) is 4.56. The highest BCUT2D eigenvalue weighted by Crippen LogP contribution is 2.23. The number of benzene rings is 1. The standard InChI is InChI=1S/C12H7Cl2N3O4/c13-6-3-7(14)5-8(4-6)17-10(18)9-11(21-12(19)20)16-2-1-15-9/h1-5H,(H,17,18)(H,19,20). The Balaban J connectivity index is 2.26. The summed E-state index contributed by atoms with van der Waals surface area (Å²) < 4.78 is 4.38. The molecule has 21 heavy (non-hydrogen) atoms. The summed E-state index contributed by atoms with van der Waals surface area (Å²) in [5, 5.41) is 11.7. The molecule has 0 aliphatic carbocycles. The molecule has 0 radical (unpaired) electrons. The van der Waals surface area contributed by atoms with Crippen molar-refractivity contribution < 1.29 is 19.4 Å². The zero-order valence-electron chi connectivity index (χ0n) is 10.2. The molecule has 0 spiro atoms. The number of ether oxygens (including phenoxy) is 1. The molecule has 0 aliphatic heterocycles. The molecule has 0 atom stereocenters. The number of amides is 1. The van der Waals surface area contributed by atoms with E-state index in [4.69, 9.17) is 28.3 Å². The molecule has 1 amide bonds. The Morgan fingerprint density at radius 2 is 1.71 bits per heavy atom. The lowest BCUT2D eigenvalue weighted by molar-refractivity contribution is 0.101. The van der Waals surface area contributed by atoms with Gasteiger partial charge in [-0.3, -0.25) is 4.79 Å². The molecule has 0 bridgehead atoms. The predicted molar refractivity (Wildman–Crippen MR) is 75.1 cm³/mol. The smallest absolute Gasteiger partial charge is 0.449 e. The molecule has 2 rings (SSSR count). The van der Waals surface area contributed by atoms with Gasteiger partial charge in [-0.1, -0.05) is 23.2 Å². The van der Waals surface area contributed by atoms with E-state index >= 15 is 0 Å². The fourth-order valence-corrected chi connectivity index (χ4v) is 1.98. The fraction of sp³-hybridized carbons (Fsp3) is 0. The first kappa shape index (κ1) is 15.0. The number of aromatic nitrogens is 2. The summed E-state index contributed by atoms with van der Waals surface area (Å²) in [6.07, 6.45) is 0.829. The maximum absolute atomic E-state index is 12.1. The fourth-order valence-electron chi connectivity index (χ4n) is 1.45. The molecular weight excluding hydrogens is 321 g/mol. The molecule has 0 aliphatic rings. The van der Waals surface area contributed by atoms with Gasteiger partial charge in [0, 0.05) is 28.1 Å². The second kappa shape index (κ2) is 6.38. The van der Waals surface area contributed by atoms with Crippen molar-refractivity contribution in [2.24, 2.45) is 0 Å². The van der Waals surface area contributed by atoms with Gasteiger partial charge in [0.15, 0.2) is 5.69 Å². The van der Waals surface area contributed by atoms with Crippen LogP contribution in [0.2, 0.25) is 10.0 Å². The minimum absolute atomic E-state index is 0.281. The molecule has 108 valence electrons. The van der Waals surface area contributed by atoms with Crippen LogP contribution in [-0.4, -0.2) is 27.1 Å². The highest BCUT2D eigenvalue weighted by molar-refractivity contribution is 6.35. The molecule has 1 aromatic carbocycles. The summed E-state index contributed by atoms with van der Waals surface area (Å²) in [6, 6.07) is 4.44. The van der Waals surface area contributed by atoms with E-state index in [1.54, 1.807) is 0 Å². The third-order valence-corrected chi connectivity index (χ3v) is 2.62. The molecule has 2 aromatic rings. The first-order valence-corrected chi connectivity index (χ1v) is 6.20. The van der Waals surface area contributed by atoms with E-state index < -0.39 is 17.9 Å². The van der Waals surface area contributed by atoms with E-state index in [9.17, 15) is 9.59 Å². The maximum atomic E-state index is 12.1. The lowest BCUT2D eigenvalue weighted by Gasteiger charge is -2.07. The lowest BCUT2D eigenvalue weighted by atomic mass is 10.3. The number of halogens is 2. The Hall–Kier alpha value is -2.38. The quantitative estimate of drug-likeness (QED) is 0.840. The largest absolute Gasteiger partial charge is 0.512 e. The van der Waals surface area contributed by atoms with Gasteiger partial charge in [-0.25, -0.2) is 14.8 Å². The van der Waals surface area contributed by atoms with Crippen LogP contribution in [0.4, 0.5) is 10.5 Å². The van der Waals surface area contributed by atoms with Gasteiger partial charge < -0.3 is 15.2 Å². The van der Waals surface area contributed by atoms with Crippen molar-refractivity contribution in [3.8, 4) is 5.88 Å². The SMILES string of the molecule is O=C(O)Oc1nccnc1C(=O)Nc1cc(Cl)cc(Cl)c1. The van der Waals surface area contributed by atoms with Crippen molar-refractivity contribution in [3.63, 3.8) is 0 Å². The van der Waals surface area contributed by atoms with Crippen LogP contribution in [0.3, 0.4) is 0 Å². The van der Waals surface area contributed by atoms with Crippen LogP contribution < -0.4 is 10.1 Å². The summed E-state index contributed by atoms with van der Waals surface area (Å²) in [7, 11) is 0. The summed E-state index contributed by atoms with van der Waals surface area (Å²) in [6.45, 7) is 0. The molecule has 1 aromatic heterocycles. The number of carbonyl (C=O) groups excluding carboxylic acids is 1. The zero-order valence-corrected chi connectivity index (χ0v) is 11.7. The van der Waals surface area contributed by atoms with Gasteiger partial charge in [0.25, 0.3) is 11.8 Å². The van der Waals surface area contributed by atoms with Gasteiger partial charge >= 0.3 is 6.16 Å². The van der Waals surface area contributed by atoms with Crippen molar-refractivity contribution in [3.05, 3.63) is 46.3 Å². The Labute approximate surface area is 128 Å².